The van der Waals surface area contributed by atoms with Crippen LogP contribution < -0.4 is 0 Å². The number of nitro groups is 1. The lowest BCUT2D eigenvalue weighted by atomic mass is 10.1. The molecule has 1 aromatic carbocycles. The van der Waals surface area contributed by atoms with Crippen molar-refractivity contribution in [2.24, 2.45) is 0 Å². The molecule has 1 radical (unpaired) electrons. The number of methoxy groups -OCH3 is 1. The standard InChI is InChI=1S/C9H8NO4/c1-14-9(11)6-7-3-2-4-8(5-7)10(12)13/h2-3,5H,6H2,1H3. The number of esters is 1. The monoisotopic (exact) mass is 194 g/mol. The van der Waals surface area contributed by atoms with E-state index in [0.29, 0.717) is 5.56 Å². The van der Waals surface area contributed by atoms with Gasteiger partial charge in [0.05, 0.1) is 24.5 Å². The number of rotatable bonds is 3. The Hall–Kier alpha value is -1.91. The van der Waals surface area contributed by atoms with Crippen LogP contribution in [0.2, 0.25) is 0 Å². The van der Waals surface area contributed by atoms with E-state index in [9.17, 15) is 14.9 Å². The number of nitro benzene ring substituents is 1. The fourth-order valence-electron chi connectivity index (χ4n) is 0.954. The lowest BCUT2D eigenvalue weighted by Crippen LogP contribution is -2.04. The normalized spacial score (nSPS) is 9.50. The van der Waals surface area contributed by atoms with Crippen LogP contribution in [-0.2, 0) is 16.0 Å². The van der Waals surface area contributed by atoms with Gasteiger partial charge in [-0.3, -0.25) is 14.9 Å². The van der Waals surface area contributed by atoms with Crippen molar-refractivity contribution >= 4 is 11.7 Å². The van der Waals surface area contributed by atoms with E-state index in [1.807, 2.05) is 0 Å². The van der Waals surface area contributed by atoms with Crippen molar-refractivity contribution in [2.75, 3.05) is 7.11 Å². The Morgan fingerprint density at radius 3 is 3.00 bits per heavy atom. The maximum Gasteiger partial charge on any atom is 0.309 e. The first-order valence-corrected chi connectivity index (χ1v) is 3.85. The first-order chi connectivity index (χ1) is 6.63. The summed E-state index contributed by atoms with van der Waals surface area (Å²) in [5.41, 5.74) is 0.397. The minimum atomic E-state index is -0.555. The summed E-state index contributed by atoms with van der Waals surface area (Å²) in [6.07, 6.45) is 0.0337. The maximum atomic E-state index is 10.9. The first kappa shape index (κ1) is 10.2. The summed E-state index contributed by atoms with van der Waals surface area (Å²) in [4.78, 5) is 20.7. The third-order valence-electron chi connectivity index (χ3n) is 1.62. The molecule has 1 aromatic rings. The molecule has 0 aliphatic carbocycles. The molecule has 0 heterocycles. The van der Waals surface area contributed by atoms with Crippen LogP contribution in [0.15, 0.2) is 18.2 Å². The van der Waals surface area contributed by atoms with Crippen molar-refractivity contribution in [2.45, 2.75) is 6.42 Å². The van der Waals surface area contributed by atoms with Gasteiger partial charge in [-0.25, -0.2) is 0 Å². The van der Waals surface area contributed by atoms with Gasteiger partial charge in [0.25, 0.3) is 5.69 Å². The van der Waals surface area contributed by atoms with Crippen LogP contribution in [0.4, 0.5) is 5.69 Å². The van der Waals surface area contributed by atoms with Crippen LogP contribution in [0.25, 0.3) is 0 Å². The molecule has 0 fully saturated rings. The average Bonchev–Trinajstić information content (AvgIpc) is 2.18. The molecule has 0 saturated carbocycles. The molecule has 0 saturated heterocycles. The van der Waals surface area contributed by atoms with Crippen LogP contribution in [0.1, 0.15) is 5.56 Å². The van der Waals surface area contributed by atoms with Crippen molar-refractivity contribution in [1.29, 1.82) is 0 Å². The number of carbonyl (C=O) groups excluding carboxylic acids is 1. The third kappa shape index (κ3) is 2.55. The third-order valence-corrected chi connectivity index (χ3v) is 1.62. The van der Waals surface area contributed by atoms with Crippen LogP contribution in [0.5, 0.6) is 0 Å². The van der Waals surface area contributed by atoms with Gasteiger partial charge in [0, 0.05) is 6.07 Å². The number of benzene rings is 1. The smallest absolute Gasteiger partial charge is 0.309 e. The summed E-state index contributed by atoms with van der Waals surface area (Å²) in [5.74, 6) is -0.425. The highest BCUT2D eigenvalue weighted by molar-refractivity contribution is 5.72. The van der Waals surface area contributed by atoms with Gasteiger partial charge in [-0.15, -0.1) is 0 Å². The Morgan fingerprint density at radius 2 is 2.43 bits per heavy atom. The summed E-state index contributed by atoms with van der Waals surface area (Å²) in [6, 6.07) is 6.75. The molecule has 5 heteroatoms. The Balaban J connectivity index is 2.83. The highest BCUT2D eigenvalue weighted by Crippen LogP contribution is 2.12. The van der Waals surface area contributed by atoms with Gasteiger partial charge >= 0.3 is 5.97 Å². The van der Waals surface area contributed by atoms with Crippen LogP contribution >= 0.6 is 0 Å². The van der Waals surface area contributed by atoms with Gasteiger partial charge in [0.2, 0.25) is 0 Å². The van der Waals surface area contributed by atoms with Gasteiger partial charge in [-0.1, -0.05) is 6.07 Å². The predicted molar refractivity (Wildman–Crippen MR) is 47.7 cm³/mol. The average molecular weight is 194 g/mol. The Labute approximate surface area is 80.5 Å². The van der Waals surface area contributed by atoms with Gasteiger partial charge in [0.1, 0.15) is 0 Å². The molecule has 0 unspecified atom stereocenters. The largest absolute Gasteiger partial charge is 0.469 e. The zero-order chi connectivity index (χ0) is 10.6. The van der Waals surface area contributed by atoms with E-state index in [4.69, 9.17) is 0 Å². The molecular formula is C9H8NO4. The molecule has 0 aliphatic rings. The summed E-state index contributed by atoms with van der Waals surface area (Å²) in [6.45, 7) is 0. The molecule has 0 atom stereocenters. The molecule has 0 amide bonds. The van der Waals surface area contributed by atoms with E-state index in [1.54, 1.807) is 6.07 Å². The molecule has 1 rings (SSSR count). The quantitative estimate of drug-likeness (QED) is 0.410. The number of hydrogen-bond donors (Lipinski definition) is 0. The van der Waals surface area contributed by atoms with E-state index in [1.165, 1.54) is 19.2 Å². The zero-order valence-corrected chi connectivity index (χ0v) is 7.52. The Bertz CT molecular complexity index is 362. The molecule has 5 nitrogen and oxygen atoms in total. The predicted octanol–water partition coefficient (Wildman–Crippen LogP) is 1.11. The fraction of sp³-hybridized carbons (Fsp3) is 0.222. The molecule has 0 bridgehead atoms. The Morgan fingerprint density at radius 1 is 1.71 bits per heavy atom. The number of carbonyl (C=O) groups is 1. The molecule has 0 N–H and O–H groups in total. The SMILES string of the molecule is COC(=O)Cc1cc[c]c([N+](=O)[O-])c1. The zero-order valence-electron chi connectivity index (χ0n) is 7.52. The van der Waals surface area contributed by atoms with E-state index < -0.39 is 10.9 Å². The fourth-order valence-corrected chi connectivity index (χ4v) is 0.954. The van der Waals surface area contributed by atoms with Crippen molar-refractivity contribution in [3.8, 4) is 0 Å². The van der Waals surface area contributed by atoms with Crippen LogP contribution in [0, 0.1) is 16.2 Å². The second kappa shape index (κ2) is 4.36. The molecule has 73 valence electrons. The molecule has 0 aromatic heterocycles. The van der Waals surface area contributed by atoms with E-state index in [0.717, 1.165) is 0 Å². The lowest BCUT2D eigenvalue weighted by Gasteiger charge is -1.98. The maximum absolute atomic E-state index is 10.9. The summed E-state index contributed by atoms with van der Waals surface area (Å²) in [7, 11) is 1.27. The van der Waals surface area contributed by atoms with Crippen molar-refractivity contribution in [1.82, 2.24) is 0 Å². The number of non-ortho nitro benzene ring substituents is 1. The number of nitrogens with zero attached hydrogens (tertiary/aromatic N) is 1. The molecule has 0 spiro atoms. The second-order valence-electron chi connectivity index (χ2n) is 2.59. The minimum absolute atomic E-state index is 0.0337. The van der Waals surface area contributed by atoms with E-state index in [2.05, 4.69) is 10.8 Å². The van der Waals surface area contributed by atoms with Gasteiger partial charge in [-0.2, -0.15) is 0 Å². The summed E-state index contributed by atoms with van der Waals surface area (Å²) < 4.78 is 4.44. The van der Waals surface area contributed by atoms with Crippen LogP contribution in [0.3, 0.4) is 0 Å². The number of ether oxygens (including phenoxy) is 1. The summed E-state index contributed by atoms with van der Waals surface area (Å²) >= 11 is 0. The highest BCUT2D eigenvalue weighted by atomic mass is 16.6. The van der Waals surface area contributed by atoms with Gasteiger partial charge in [-0.05, 0) is 11.6 Å². The van der Waals surface area contributed by atoms with E-state index >= 15 is 0 Å². The molecule has 14 heavy (non-hydrogen) atoms. The highest BCUT2D eigenvalue weighted by Gasteiger charge is 2.08. The first-order valence-electron chi connectivity index (χ1n) is 3.85. The topological polar surface area (TPSA) is 69.4 Å². The minimum Gasteiger partial charge on any atom is -0.469 e. The van der Waals surface area contributed by atoms with Crippen molar-refractivity contribution in [3.05, 3.63) is 39.9 Å². The van der Waals surface area contributed by atoms with Crippen molar-refractivity contribution in [3.63, 3.8) is 0 Å². The molecular weight excluding hydrogens is 186 g/mol. The van der Waals surface area contributed by atoms with Crippen molar-refractivity contribution < 1.29 is 14.5 Å². The van der Waals surface area contributed by atoms with E-state index in [-0.39, 0.29) is 12.1 Å². The number of hydrogen-bond acceptors (Lipinski definition) is 4. The molecule has 0 aliphatic heterocycles. The van der Waals surface area contributed by atoms with Gasteiger partial charge in [0.15, 0.2) is 0 Å². The lowest BCUT2D eigenvalue weighted by molar-refractivity contribution is -0.385. The van der Waals surface area contributed by atoms with Crippen LogP contribution in [-0.4, -0.2) is 18.0 Å². The van der Waals surface area contributed by atoms with Gasteiger partial charge < -0.3 is 4.74 Å². The summed E-state index contributed by atoms with van der Waals surface area (Å²) in [5, 5.41) is 10.4. The Kier molecular flexibility index (Phi) is 3.17. The second-order valence-corrected chi connectivity index (χ2v) is 2.59.